The first-order valence-electron chi connectivity index (χ1n) is 4.75. The number of hydrazone groups is 1. The van der Waals surface area contributed by atoms with Gasteiger partial charge in [-0.3, -0.25) is 9.78 Å². The lowest BCUT2D eigenvalue weighted by atomic mass is 10.3. The third-order valence-electron chi connectivity index (χ3n) is 1.85. The van der Waals surface area contributed by atoms with Crippen molar-refractivity contribution in [3.63, 3.8) is 0 Å². The van der Waals surface area contributed by atoms with Crippen molar-refractivity contribution in [3.05, 3.63) is 50.9 Å². The van der Waals surface area contributed by atoms with Crippen molar-refractivity contribution in [1.29, 1.82) is 0 Å². The molecule has 0 saturated carbocycles. The zero-order chi connectivity index (χ0) is 12.1. The number of nitrogens with zero attached hydrogens (tertiary/aromatic N) is 2. The molecule has 0 spiro atoms. The summed E-state index contributed by atoms with van der Waals surface area (Å²) in [6.07, 6.45) is 3.16. The van der Waals surface area contributed by atoms with E-state index in [9.17, 15) is 4.79 Å². The highest BCUT2D eigenvalue weighted by Gasteiger charge is 2.03. The molecule has 0 aliphatic heterocycles. The number of aromatic nitrogens is 1. The molecule has 4 nitrogen and oxygen atoms in total. The van der Waals surface area contributed by atoms with E-state index < -0.39 is 0 Å². The van der Waals surface area contributed by atoms with Gasteiger partial charge < -0.3 is 0 Å². The van der Waals surface area contributed by atoms with Gasteiger partial charge in [0.1, 0.15) is 5.69 Å². The molecule has 0 bridgehead atoms. The second-order valence-corrected chi connectivity index (χ2v) is 5.55. The average Bonchev–Trinajstić information content (AvgIpc) is 2.76. The van der Waals surface area contributed by atoms with E-state index in [1.807, 2.05) is 12.1 Å². The van der Waals surface area contributed by atoms with Crippen molar-refractivity contribution < 1.29 is 4.79 Å². The number of halogens is 1. The van der Waals surface area contributed by atoms with Crippen molar-refractivity contribution in [3.8, 4) is 0 Å². The molecule has 0 aromatic carbocycles. The Morgan fingerprint density at radius 1 is 1.41 bits per heavy atom. The lowest BCUT2D eigenvalue weighted by Gasteiger charge is -1.96. The molecule has 86 valence electrons. The van der Waals surface area contributed by atoms with Crippen LogP contribution < -0.4 is 5.43 Å². The average molecular weight is 310 g/mol. The lowest BCUT2D eigenvalue weighted by molar-refractivity contribution is 0.0950. The van der Waals surface area contributed by atoms with Gasteiger partial charge in [-0.15, -0.1) is 11.3 Å². The van der Waals surface area contributed by atoms with E-state index in [0.29, 0.717) is 5.69 Å². The van der Waals surface area contributed by atoms with Gasteiger partial charge in [-0.05, 0) is 40.2 Å². The summed E-state index contributed by atoms with van der Waals surface area (Å²) in [6.45, 7) is 0. The third kappa shape index (κ3) is 3.47. The van der Waals surface area contributed by atoms with Crippen molar-refractivity contribution >= 4 is 39.4 Å². The second kappa shape index (κ2) is 5.70. The minimum absolute atomic E-state index is 0.322. The summed E-state index contributed by atoms with van der Waals surface area (Å²) in [5.41, 5.74) is 2.76. The van der Waals surface area contributed by atoms with E-state index in [-0.39, 0.29) is 5.91 Å². The molecule has 2 heterocycles. The smallest absolute Gasteiger partial charge is 0.266 e. The Morgan fingerprint density at radius 3 is 2.94 bits per heavy atom. The zero-order valence-electron chi connectivity index (χ0n) is 8.63. The van der Waals surface area contributed by atoms with Crippen LogP contribution in [0.5, 0.6) is 0 Å². The SMILES string of the molecule is O=C(N/N=C/c1ccc(Br)s1)c1ccccn1. The lowest BCUT2D eigenvalue weighted by Crippen LogP contribution is -2.18. The van der Waals surface area contributed by atoms with E-state index >= 15 is 0 Å². The number of pyridine rings is 1. The van der Waals surface area contributed by atoms with Gasteiger partial charge in [-0.1, -0.05) is 6.07 Å². The van der Waals surface area contributed by atoms with Gasteiger partial charge in [0.15, 0.2) is 0 Å². The molecule has 1 amide bonds. The molecule has 0 unspecified atom stereocenters. The summed E-state index contributed by atoms with van der Waals surface area (Å²) in [7, 11) is 0. The Labute approximate surface area is 111 Å². The monoisotopic (exact) mass is 309 g/mol. The molecule has 1 N–H and O–H groups in total. The summed E-state index contributed by atoms with van der Waals surface area (Å²) in [5.74, 6) is -0.322. The Bertz CT molecular complexity index is 539. The second-order valence-electron chi connectivity index (χ2n) is 3.06. The zero-order valence-corrected chi connectivity index (χ0v) is 11.0. The number of thiophene rings is 1. The number of nitrogens with one attached hydrogen (secondary N) is 1. The van der Waals surface area contributed by atoms with Gasteiger partial charge in [0, 0.05) is 11.1 Å². The molecule has 2 aromatic rings. The highest BCUT2D eigenvalue weighted by Crippen LogP contribution is 2.20. The maximum Gasteiger partial charge on any atom is 0.289 e. The number of hydrogen-bond acceptors (Lipinski definition) is 4. The molecule has 0 fully saturated rings. The molecule has 0 aliphatic rings. The van der Waals surface area contributed by atoms with Crippen molar-refractivity contribution in [1.82, 2.24) is 10.4 Å². The van der Waals surface area contributed by atoms with Crippen molar-refractivity contribution in [2.45, 2.75) is 0 Å². The molecule has 17 heavy (non-hydrogen) atoms. The third-order valence-corrected chi connectivity index (χ3v) is 3.41. The Kier molecular flexibility index (Phi) is 4.00. The van der Waals surface area contributed by atoms with Crippen LogP contribution in [0.2, 0.25) is 0 Å². The first kappa shape index (κ1) is 11.9. The Hall–Kier alpha value is -1.53. The van der Waals surface area contributed by atoms with Gasteiger partial charge in [0.05, 0.1) is 10.0 Å². The Balaban J connectivity index is 1.95. The van der Waals surface area contributed by atoms with Gasteiger partial charge in [-0.25, -0.2) is 5.43 Å². The fourth-order valence-electron chi connectivity index (χ4n) is 1.11. The van der Waals surface area contributed by atoms with Crippen LogP contribution in [0.15, 0.2) is 45.4 Å². The largest absolute Gasteiger partial charge is 0.289 e. The van der Waals surface area contributed by atoms with Crippen LogP contribution in [0, 0.1) is 0 Å². The number of carbonyl (C=O) groups excluding carboxylic acids is 1. The predicted molar refractivity (Wildman–Crippen MR) is 71.3 cm³/mol. The first-order chi connectivity index (χ1) is 8.25. The van der Waals surface area contributed by atoms with E-state index in [2.05, 4.69) is 31.4 Å². The van der Waals surface area contributed by atoms with E-state index in [1.165, 1.54) is 11.3 Å². The van der Waals surface area contributed by atoms with E-state index in [4.69, 9.17) is 0 Å². The molecule has 2 rings (SSSR count). The maximum atomic E-state index is 11.5. The summed E-state index contributed by atoms with van der Waals surface area (Å²) in [5, 5.41) is 3.86. The number of hydrogen-bond donors (Lipinski definition) is 1. The normalized spacial score (nSPS) is 10.6. The van der Waals surface area contributed by atoms with Crippen LogP contribution in [-0.4, -0.2) is 17.1 Å². The van der Waals surface area contributed by atoms with E-state index in [0.717, 1.165) is 8.66 Å². The molecule has 6 heteroatoms. The molecule has 0 atom stereocenters. The summed E-state index contributed by atoms with van der Waals surface area (Å²) in [4.78, 5) is 16.4. The van der Waals surface area contributed by atoms with Crippen LogP contribution in [0.4, 0.5) is 0 Å². The van der Waals surface area contributed by atoms with Gasteiger partial charge >= 0.3 is 0 Å². The highest BCUT2D eigenvalue weighted by atomic mass is 79.9. The standard InChI is InChI=1S/C11H8BrN3OS/c12-10-5-4-8(17-10)7-14-15-11(16)9-3-1-2-6-13-9/h1-7H,(H,15,16)/b14-7+. The Morgan fingerprint density at radius 2 is 2.29 bits per heavy atom. The quantitative estimate of drug-likeness (QED) is 0.700. The minimum atomic E-state index is -0.322. The van der Waals surface area contributed by atoms with E-state index in [1.54, 1.807) is 30.6 Å². The summed E-state index contributed by atoms with van der Waals surface area (Å²) < 4.78 is 1.02. The van der Waals surface area contributed by atoms with Crippen LogP contribution >= 0.6 is 27.3 Å². The molecular weight excluding hydrogens is 302 g/mol. The van der Waals surface area contributed by atoms with Crippen molar-refractivity contribution in [2.24, 2.45) is 5.10 Å². The molecule has 0 radical (unpaired) electrons. The van der Waals surface area contributed by atoms with Crippen LogP contribution in [0.3, 0.4) is 0 Å². The van der Waals surface area contributed by atoms with Crippen molar-refractivity contribution in [2.75, 3.05) is 0 Å². The summed E-state index contributed by atoms with van der Waals surface area (Å²) in [6, 6.07) is 8.97. The molecule has 0 aliphatic carbocycles. The fourth-order valence-corrected chi connectivity index (χ4v) is 2.40. The van der Waals surface area contributed by atoms with Gasteiger partial charge in [-0.2, -0.15) is 5.10 Å². The topological polar surface area (TPSA) is 54.4 Å². The fraction of sp³-hybridized carbons (Fsp3) is 0. The van der Waals surface area contributed by atoms with Gasteiger partial charge in [0.25, 0.3) is 5.91 Å². The molecular formula is C11H8BrN3OS. The summed E-state index contributed by atoms with van der Waals surface area (Å²) >= 11 is 4.88. The van der Waals surface area contributed by atoms with Crippen LogP contribution in [-0.2, 0) is 0 Å². The number of rotatable bonds is 3. The molecule has 0 saturated heterocycles. The van der Waals surface area contributed by atoms with Crippen LogP contribution in [0.25, 0.3) is 0 Å². The minimum Gasteiger partial charge on any atom is -0.266 e. The predicted octanol–water partition coefficient (Wildman–Crippen LogP) is 2.67. The number of carbonyl (C=O) groups is 1. The first-order valence-corrected chi connectivity index (χ1v) is 6.36. The van der Waals surface area contributed by atoms with Gasteiger partial charge in [0.2, 0.25) is 0 Å². The maximum absolute atomic E-state index is 11.5. The number of amides is 1. The molecule has 2 aromatic heterocycles. The highest BCUT2D eigenvalue weighted by molar-refractivity contribution is 9.11. The van der Waals surface area contributed by atoms with Crippen LogP contribution in [0.1, 0.15) is 15.4 Å².